The van der Waals surface area contributed by atoms with E-state index in [0.29, 0.717) is 5.69 Å². The van der Waals surface area contributed by atoms with Crippen LogP contribution in [0.5, 0.6) is 0 Å². The van der Waals surface area contributed by atoms with Crippen LogP contribution in [-0.2, 0) is 7.05 Å². The Hall–Kier alpha value is -3.10. The summed E-state index contributed by atoms with van der Waals surface area (Å²) in [5.74, 6) is 0. The van der Waals surface area contributed by atoms with E-state index in [1.54, 1.807) is 0 Å². The zero-order chi connectivity index (χ0) is 15.4. The molecule has 3 aromatic rings. The molecule has 2 aromatic carbocycles. The second-order valence-corrected chi connectivity index (χ2v) is 5.01. The number of rotatable bonds is 3. The van der Waals surface area contributed by atoms with Crippen molar-refractivity contribution in [1.82, 2.24) is 0 Å². The summed E-state index contributed by atoms with van der Waals surface area (Å²) in [6.45, 7) is 0. The molecular formula is C18H15N4+. The van der Waals surface area contributed by atoms with Gasteiger partial charge in [-0.05, 0) is 22.7 Å². The lowest BCUT2D eigenvalue weighted by Crippen LogP contribution is -2.28. The molecule has 0 aliphatic carbocycles. The molecule has 106 valence electrons. The van der Waals surface area contributed by atoms with Crippen LogP contribution in [-0.4, -0.2) is 0 Å². The summed E-state index contributed by atoms with van der Waals surface area (Å²) in [6, 6.07) is 17.9. The van der Waals surface area contributed by atoms with E-state index < -0.39 is 0 Å². The topological polar surface area (TPSA) is 52.6 Å². The van der Waals surface area contributed by atoms with Crippen molar-refractivity contribution in [2.75, 3.05) is 0 Å². The molecule has 0 radical (unpaired) electrons. The fourth-order valence-corrected chi connectivity index (χ4v) is 2.42. The van der Waals surface area contributed by atoms with Crippen molar-refractivity contribution >= 4 is 28.7 Å². The van der Waals surface area contributed by atoms with Gasteiger partial charge in [-0.15, -0.1) is 0 Å². The summed E-state index contributed by atoms with van der Waals surface area (Å²) in [7, 11) is 2.05. The summed E-state index contributed by atoms with van der Waals surface area (Å²) in [4.78, 5) is 2.78. The minimum atomic E-state index is 0.622. The molecule has 0 amide bonds. The van der Waals surface area contributed by atoms with Crippen molar-refractivity contribution in [2.24, 2.45) is 12.2 Å². The largest absolute Gasteiger partial charge is 0.212 e. The maximum atomic E-state index is 8.41. The van der Waals surface area contributed by atoms with E-state index in [-0.39, 0.29) is 0 Å². The number of benzene rings is 2. The third kappa shape index (κ3) is 2.82. The number of fused-ring (bicyclic) bond motifs is 1. The fourth-order valence-electron chi connectivity index (χ4n) is 2.42. The van der Waals surface area contributed by atoms with Gasteiger partial charge in [0, 0.05) is 22.7 Å². The van der Waals surface area contributed by atoms with Gasteiger partial charge in [0.1, 0.15) is 7.05 Å². The van der Waals surface area contributed by atoms with Crippen LogP contribution >= 0.6 is 0 Å². The van der Waals surface area contributed by atoms with Crippen LogP contribution in [0.3, 0.4) is 0 Å². The lowest BCUT2D eigenvalue weighted by Gasteiger charge is -2.01. The predicted molar refractivity (Wildman–Crippen MR) is 89.3 cm³/mol. The van der Waals surface area contributed by atoms with Gasteiger partial charge in [0.15, 0.2) is 6.20 Å². The van der Waals surface area contributed by atoms with Crippen molar-refractivity contribution in [3.05, 3.63) is 82.4 Å². The van der Waals surface area contributed by atoms with E-state index in [0.717, 1.165) is 5.56 Å². The SMILES string of the molecule is C[n+]1ccc(C=Cc2ccc(N=[N+]=[N-])cc2)c2ccccc21. The van der Waals surface area contributed by atoms with E-state index in [9.17, 15) is 0 Å². The third-order valence-electron chi connectivity index (χ3n) is 3.58. The van der Waals surface area contributed by atoms with Gasteiger partial charge in [0.05, 0.1) is 5.39 Å². The molecule has 1 aromatic heterocycles. The van der Waals surface area contributed by atoms with Crippen molar-refractivity contribution in [3.63, 3.8) is 0 Å². The molecule has 0 fully saturated rings. The maximum absolute atomic E-state index is 8.41. The Morgan fingerprint density at radius 2 is 1.77 bits per heavy atom. The van der Waals surface area contributed by atoms with E-state index in [1.165, 1.54) is 16.5 Å². The van der Waals surface area contributed by atoms with Crippen molar-refractivity contribution in [3.8, 4) is 0 Å². The number of hydrogen-bond donors (Lipinski definition) is 0. The van der Waals surface area contributed by atoms with Gasteiger partial charge in [-0.2, -0.15) is 0 Å². The maximum Gasteiger partial charge on any atom is 0.212 e. The number of para-hydroxylation sites is 1. The standard InChI is InChI=1S/C18H15N4/c1-22-13-12-15(17-4-2-3-5-18(17)22)9-6-14-7-10-16(11-8-14)20-21-19/h2-13H,1H3/q+1. The molecule has 0 aliphatic heterocycles. The van der Waals surface area contributed by atoms with Crippen LogP contribution in [0, 0.1) is 0 Å². The molecule has 1 heterocycles. The first-order valence-corrected chi connectivity index (χ1v) is 6.98. The average Bonchev–Trinajstić information content (AvgIpc) is 2.56. The summed E-state index contributed by atoms with van der Waals surface area (Å²) in [6.07, 6.45) is 6.22. The monoisotopic (exact) mass is 287 g/mol. The summed E-state index contributed by atoms with van der Waals surface area (Å²) < 4.78 is 2.11. The molecule has 3 rings (SSSR count). The molecule has 22 heavy (non-hydrogen) atoms. The fraction of sp³-hybridized carbons (Fsp3) is 0.0556. The normalized spacial score (nSPS) is 10.8. The zero-order valence-corrected chi connectivity index (χ0v) is 12.2. The number of azide groups is 1. The molecule has 0 saturated heterocycles. The van der Waals surface area contributed by atoms with Crippen LogP contribution in [0.4, 0.5) is 5.69 Å². The highest BCUT2D eigenvalue weighted by molar-refractivity contribution is 5.88. The van der Waals surface area contributed by atoms with Crippen molar-refractivity contribution in [1.29, 1.82) is 0 Å². The van der Waals surface area contributed by atoms with Crippen LogP contribution in [0.25, 0.3) is 33.5 Å². The first-order valence-electron chi connectivity index (χ1n) is 6.98. The van der Waals surface area contributed by atoms with E-state index in [2.05, 4.69) is 51.1 Å². The van der Waals surface area contributed by atoms with E-state index in [1.807, 2.05) is 43.4 Å². The summed E-state index contributed by atoms with van der Waals surface area (Å²) in [5.41, 5.74) is 12.5. The number of hydrogen-bond acceptors (Lipinski definition) is 1. The first-order chi connectivity index (χ1) is 10.8. The van der Waals surface area contributed by atoms with Crippen LogP contribution < -0.4 is 4.57 Å². The van der Waals surface area contributed by atoms with Gasteiger partial charge < -0.3 is 0 Å². The quantitative estimate of drug-likeness (QED) is 0.288. The molecule has 4 heteroatoms. The minimum Gasteiger partial charge on any atom is -0.201 e. The Morgan fingerprint density at radius 3 is 2.55 bits per heavy atom. The Morgan fingerprint density at radius 1 is 1.00 bits per heavy atom. The molecule has 0 bridgehead atoms. The molecule has 0 atom stereocenters. The Labute approximate surface area is 128 Å². The smallest absolute Gasteiger partial charge is 0.201 e. The van der Waals surface area contributed by atoms with Crippen LogP contribution in [0.15, 0.2) is 65.9 Å². The number of nitrogens with zero attached hydrogens (tertiary/aromatic N) is 4. The lowest BCUT2D eigenvalue weighted by molar-refractivity contribution is -0.644. The molecule has 0 saturated carbocycles. The molecule has 0 aliphatic rings. The number of aryl methyl sites for hydroxylation is 1. The highest BCUT2D eigenvalue weighted by Gasteiger charge is 2.06. The van der Waals surface area contributed by atoms with Gasteiger partial charge in [-0.25, -0.2) is 4.57 Å². The average molecular weight is 287 g/mol. The highest BCUT2D eigenvalue weighted by atomic mass is 15.1. The third-order valence-corrected chi connectivity index (χ3v) is 3.58. The molecule has 4 nitrogen and oxygen atoms in total. The van der Waals surface area contributed by atoms with Crippen molar-refractivity contribution in [2.45, 2.75) is 0 Å². The highest BCUT2D eigenvalue weighted by Crippen LogP contribution is 2.19. The predicted octanol–water partition coefficient (Wildman–Crippen LogP) is 4.78. The molecule has 0 spiro atoms. The van der Waals surface area contributed by atoms with E-state index >= 15 is 0 Å². The summed E-state index contributed by atoms with van der Waals surface area (Å²) >= 11 is 0. The number of aromatic nitrogens is 1. The second-order valence-electron chi connectivity index (χ2n) is 5.01. The van der Waals surface area contributed by atoms with Gasteiger partial charge >= 0.3 is 0 Å². The molecule has 0 N–H and O–H groups in total. The Bertz CT molecular complexity index is 889. The van der Waals surface area contributed by atoms with E-state index in [4.69, 9.17) is 5.53 Å². The van der Waals surface area contributed by atoms with Crippen LogP contribution in [0.2, 0.25) is 0 Å². The van der Waals surface area contributed by atoms with Gasteiger partial charge in [-0.3, -0.25) is 0 Å². The Kier molecular flexibility index (Phi) is 3.86. The first kappa shape index (κ1) is 13.9. The van der Waals surface area contributed by atoms with Crippen LogP contribution in [0.1, 0.15) is 11.1 Å². The molecular weight excluding hydrogens is 272 g/mol. The Balaban J connectivity index is 1.96. The lowest BCUT2D eigenvalue weighted by atomic mass is 10.1. The van der Waals surface area contributed by atoms with Gasteiger partial charge in [0.2, 0.25) is 5.52 Å². The van der Waals surface area contributed by atoms with Gasteiger partial charge in [0.25, 0.3) is 0 Å². The minimum absolute atomic E-state index is 0.622. The zero-order valence-electron chi connectivity index (χ0n) is 12.2. The molecule has 0 unspecified atom stereocenters. The van der Waals surface area contributed by atoms with Crippen molar-refractivity contribution < 1.29 is 4.57 Å². The second kappa shape index (κ2) is 6.12. The van der Waals surface area contributed by atoms with Gasteiger partial charge in [-0.1, -0.05) is 53.7 Å². The summed E-state index contributed by atoms with van der Waals surface area (Å²) in [5, 5.41) is 4.79. The number of pyridine rings is 1.